The van der Waals surface area contributed by atoms with Crippen molar-refractivity contribution < 1.29 is 24.2 Å². The average Bonchev–Trinajstić information content (AvgIpc) is 2.00. The molecule has 0 heterocycles. The first-order valence-electron chi connectivity index (χ1n) is 4.52. The van der Waals surface area contributed by atoms with Gasteiger partial charge in [-0.15, -0.1) is 0 Å². The van der Waals surface area contributed by atoms with Gasteiger partial charge in [0.2, 0.25) is 0 Å². The van der Waals surface area contributed by atoms with E-state index in [0.717, 1.165) is 0 Å². The highest BCUT2D eigenvalue weighted by atomic mass is 19.1. The average molecular weight is 206 g/mol. The van der Waals surface area contributed by atoms with Gasteiger partial charge in [-0.1, -0.05) is 0 Å². The summed E-state index contributed by atoms with van der Waals surface area (Å²) in [5.41, 5.74) is 0. The van der Waals surface area contributed by atoms with Gasteiger partial charge in [0.15, 0.2) is 0 Å². The van der Waals surface area contributed by atoms with E-state index in [4.69, 9.17) is 10.2 Å². The number of hydrogen-bond acceptors (Lipinski definition) is 2. The minimum atomic E-state index is -1.13. The molecule has 0 amide bonds. The SMILES string of the molecule is CC(F)CCCC(CC(=O)O)C(=O)O. The normalized spacial score (nSPS) is 14.7. The number of carboxylic acids is 2. The topological polar surface area (TPSA) is 74.6 Å². The zero-order valence-electron chi connectivity index (χ0n) is 8.07. The summed E-state index contributed by atoms with van der Waals surface area (Å²) in [4.78, 5) is 20.8. The third-order valence-corrected chi connectivity index (χ3v) is 1.92. The van der Waals surface area contributed by atoms with Crippen molar-refractivity contribution in [1.82, 2.24) is 0 Å². The number of alkyl halides is 1. The molecule has 0 saturated heterocycles. The van der Waals surface area contributed by atoms with Crippen molar-refractivity contribution in [2.24, 2.45) is 5.92 Å². The van der Waals surface area contributed by atoms with Crippen molar-refractivity contribution in [1.29, 1.82) is 0 Å². The summed E-state index contributed by atoms with van der Waals surface area (Å²) in [7, 11) is 0. The maximum Gasteiger partial charge on any atom is 0.307 e. The summed E-state index contributed by atoms with van der Waals surface area (Å²) in [5.74, 6) is -3.16. The van der Waals surface area contributed by atoms with Crippen LogP contribution in [0.5, 0.6) is 0 Å². The summed E-state index contributed by atoms with van der Waals surface area (Å²) in [5, 5.41) is 17.0. The lowest BCUT2D eigenvalue weighted by Gasteiger charge is -2.09. The van der Waals surface area contributed by atoms with Gasteiger partial charge in [0.05, 0.1) is 18.5 Å². The molecule has 2 unspecified atom stereocenters. The molecule has 0 bridgehead atoms. The number of hydrogen-bond donors (Lipinski definition) is 2. The van der Waals surface area contributed by atoms with Gasteiger partial charge < -0.3 is 10.2 Å². The molecule has 2 N–H and O–H groups in total. The zero-order chi connectivity index (χ0) is 11.1. The van der Waals surface area contributed by atoms with Crippen LogP contribution >= 0.6 is 0 Å². The Kier molecular flexibility index (Phi) is 5.83. The molecule has 0 aliphatic rings. The number of rotatable bonds is 7. The Morgan fingerprint density at radius 3 is 2.21 bits per heavy atom. The van der Waals surface area contributed by atoms with Crippen LogP contribution in [0.2, 0.25) is 0 Å². The molecule has 0 fully saturated rings. The van der Waals surface area contributed by atoms with E-state index >= 15 is 0 Å². The minimum absolute atomic E-state index is 0.218. The van der Waals surface area contributed by atoms with Gasteiger partial charge in [-0.25, -0.2) is 4.39 Å². The van der Waals surface area contributed by atoms with E-state index in [2.05, 4.69) is 0 Å². The molecule has 0 aliphatic carbocycles. The molecule has 0 aliphatic heterocycles. The van der Waals surface area contributed by atoms with E-state index in [1.165, 1.54) is 6.92 Å². The van der Waals surface area contributed by atoms with Crippen LogP contribution in [-0.4, -0.2) is 28.3 Å². The first kappa shape index (κ1) is 12.9. The molecule has 0 spiro atoms. The fraction of sp³-hybridized carbons (Fsp3) is 0.778. The second kappa shape index (κ2) is 6.34. The monoisotopic (exact) mass is 206 g/mol. The first-order chi connectivity index (χ1) is 6.43. The second-order valence-corrected chi connectivity index (χ2v) is 3.34. The lowest BCUT2D eigenvalue weighted by atomic mass is 9.98. The summed E-state index contributed by atoms with van der Waals surface area (Å²) >= 11 is 0. The molecule has 2 atom stereocenters. The van der Waals surface area contributed by atoms with Crippen LogP contribution in [0.3, 0.4) is 0 Å². The fourth-order valence-electron chi connectivity index (χ4n) is 1.17. The lowest BCUT2D eigenvalue weighted by molar-refractivity contribution is -0.148. The van der Waals surface area contributed by atoms with Crippen molar-refractivity contribution in [3.63, 3.8) is 0 Å². The molecule has 0 radical (unpaired) electrons. The molecule has 0 rings (SSSR count). The number of aliphatic carboxylic acids is 2. The molecular weight excluding hydrogens is 191 g/mol. The lowest BCUT2D eigenvalue weighted by Crippen LogP contribution is -2.18. The van der Waals surface area contributed by atoms with Crippen LogP contribution in [-0.2, 0) is 9.59 Å². The van der Waals surface area contributed by atoms with Crippen LogP contribution in [0, 0.1) is 5.92 Å². The standard InChI is InChI=1S/C9H15FO4/c1-6(10)3-2-4-7(9(13)14)5-8(11)12/h6-7H,2-5H2,1H3,(H,11,12)(H,13,14). The fourth-order valence-corrected chi connectivity index (χ4v) is 1.17. The Balaban J connectivity index is 3.86. The largest absolute Gasteiger partial charge is 0.481 e. The van der Waals surface area contributed by atoms with E-state index in [0.29, 0.717) is 6.42 Å². The minimum Gasteiger partial charge on any atom is -0.481 e. The van der Waals surface area contributed by atoms with Crippen molar-refractivity contribution in [2.75, 3.05) is 0 Å². The van der Waals surface area contributed by atoms with E-state index < -0.39 is 30.4 Å². The molecule has 82 valence electrons. The molecule has 4 nitrogen and oxygen atoms in total. The molecule has 0 saturated carbocycles. The summed E-state index contributed by atoms with van der Waals surface area (Å²) in [6, 6.07) is 0. The summed E-state index contributed by atoms with van der Waals surface area (Å²) in [6.07, 6.45) is -0.453. The van der Waals surface area contributed by atoms with E-state index in [-0.39, 0.29) is 12.8 Å². The Labute approximate surface area is 81.7 Å². The Hall–Kier alpha value is -1.13. The number of carbonyl (C=O) groups is 2. The van der Waals surface area contributed by atoms with Crippen LogP contribution in [0.1, 0.15) is 32.6 Å². The van der Waals surface area contributed by atoms with Gasteiger partial charge in [0, 0.05) is 0 Å². The number of halogens is 1. The van der Waals surface area contributed by atoms with Gasteiger partial charge >= 0.3 is 11.9 Å². The summed E-state index contributed by atoms with van der Waals surface area (Å²) in [6.45, 7) is 1.40. The van der Waals surface area contributed by atoms with Crippen LogP contribution < -0.4 is 0 Å². The third kappa shape index (κ3) is 6.39. The van der Waals surface area contributed by atoms with Crippen molar-refractivity contribution >= 4 is 11.9 Å². The maximum absolute atomic E-state index is 12.4. The van der Waals surface area contributed by atoms with E-state index in [1.54, 1.807) is 0 Å². The summed E-state index contributed by atoms with van der Waals surface area (Å²) < 4.78 is 12.4. The third-order valence-electron chi connectivity index (χ3n) is 1.92. The predicted octanol–water partition coefficient (Wildman–Crippen LogP) is 1.69. The van der Waals surface area contributed by atoms with Gasteiger partial charge in [0.1, 0.15) is 0 Å². The van der Waals surface area contributed by atoms with E-state index in [9.17, 15) is 14.0 Å². The highest BCUT2D eigenvalue weighted by Gasteiger charge is 2.20. The van der Waals surface area contributed by atoms with E-state index in [1.807, 2.05) is 0 Å². The molecular formula is C9H15FO4. The zero-order valence-corrected chi connectivity index (χ0v) is 8.07. The Bertz CT molecular complexity index is 203. The van der Waals surface area contributed by atoms with Crippen LogP contribution in [0.15, 0.2) is 0 Å². The van der Waals surface area contributed by atoms with Crippen LogP contribution in [0.25, 0.3) is 0 Å². The second-order valence-electron chi connectivity index (χ2n) is 3.34. The van der Waals surface area contributed by atoms with Gasteiger partial charge in [-0.3, -0.25) is 9.59 Å². The van der Waals surface area contributed by atoms with Crippen molar-refractivity contribution in [2.45, 2.75) is 38.8 Å². The highest BCUT2D eigenvalue weighted by Crippen LogP contribution is 2.15. The molecule has 14 heavy (non-hydrogen) atoms. The van der Waals surface area contributed by atoms with Crippen molar-refractivity contribution in [3.8, 4) is 0 Å². The van der Waals surface area contributed by atoms with Crippen molar-refractivity contribution in [3.05, 3.63) is 0 Å². The Morgan fingerprint density at radius 1 is 1.29 bits per heavy atom. The van der Waals surface area contributed by atoms with Gasteiger partial charge in [0.25, 0.3) is 0 Å². The van der Waals surface area contributed by atoms with Crippen LogP contribution in [0.4, 0.5) is 4.39 Å². The molecule has 0 aromatic heterocycles. The molecule has 5 heteroatoms. The van der Waals surface area contributed by atoms with Gasteiger partial charge in [-0.2, -0.15) is 0 Å². The predicted molar refractivity (Wildman–Crippen MR) is 47.8 cm³/mol. The quantitative estimate of drug-likeness (QED) is 0.664. The first-order valence-corrected chi connectivity index (χ1v) is 4.52. The highest BCUT2D eigenvalue weighted by molar-refractivity contribution is 5.77. The molecule has 0 aromatic rings. The molecule has 0 aromatic carbocycles. The Morgan fingerprint density at radius 2 is 1.86 bits per heavy atom. The van der Waals surface area contributed by atoms with Gasteiger partial charge in [-0.05, 0) is 26.2 Å². The number of carboxylic acid groups (broad SMARTS) is 2. The smallest absolute Gasteiger partial charge is 0.307 e. The maximum atomic E-state index is 12.4.